The van der Waals surface area contributed by atoms with Crippen LogP contribution in [0.25, 0.3) is 11.1 Å². The first kappa shape index (κ1) is 16.8. The summed E-state index contributed by atoms with van der Waals surface area (Å²) in [5.41, 5.74) is 10.5. The molecule has 0 fully saturated rings. The van der Waals surface area contributed by atoms with Gasteiger partial charge in [-0.3, -0.25) is 0 Å². The Balaban J connectivity index is 2.57. The summed E-state index contributed by atoms with van der Waals surface area (Å²) >= 11 is 0. The zero-order chi connectivity index (χ0) is 17.0. The molecule has 0 radical (unpaired) electrons. The molecule has 5 nitrogen and oxygen atoms in total. The fraction of sp³-hybridized carbons (Fsp3) is 0.278. The molecule has 0 heterocycles. The summed E-state index contributed by atoms with van der Waals surface area (Å²) in [5.74, 6) is 0.944. The third-order valence-electron chi connectivity index (χ3n) is 3.84. The van der Waals surface area contributed by atoms with Crippen molar-refractivity contribution in [2.45, 2.75) is 20.5 Å². The maximum atomic E-state index is 10.9. The topological polar surface area (TPSA) is 70.8 Å². The molecule has 1 amide bonds. The van der Waals surface area contributed by atoms with Crippen LogP contribution in [-0.4, -0.2) is 20.3 Å². The van der Waals surface area contributed by atoms with Crippen LogP contribution in [0.5, 0.6) is 11.5 Å². The van der Waals surface area contributed by atoms with Gasteiger partial charge >= 0.3 is 6.09 Å². The molecule has 0 spiro atoms. The van der Waals surface area contributed by atoms with Crippen molar-refractivity contribution < 1.29 is 19.0 Å². The van der Waals surface area contributed by atoms with Gasteiger partial charge in [0.15, 0.2) is 0 Å². The van der Waals surface area contributed by atoms with Crippen LogP contribution in [0.3, 0.4) is 0 Å². The van der Waals surface area contributed by atoms with E-state index in [9.17, 15) is 4.79 Å². The molecule has 0 aliphatic carbocycles. The molecular formula is C18H21NO4. The minimum Gasteiger partial charge on any atom is -0.496 e. The van der Waals surface area contributed by atoms with E-state index in [2.05, 4.69) is 19.9 Å². The van der Waals surface area contributed by atoms with Crippen molar-refractivity contribution in [1.29, 1.82) is 0 Å². The van der Waals surface area contributed by atoms with Gasteiger partial charge in [0.25, 0.3) is 0 Å². The van der Waals surface area contributed by atoms with Gasteiger partial charge in [-0.2, -0.15) is 0 Å². The first-order valence-corrected chi connectivity index (χ1v) is 7.21. The van der Waals surface area contributed by atoms with Crippen molar-refractivity contribution in [2.75, 3.05) is 14.2 Å². The summed E-state index contributed by atoms with van der Waals surface area (Å²) in [5, 5.41) is 0. The fourth-order valence-electron chi connectivity index (χ4n) is 2.53. The number of ether oxygens (including phenoxy) is 3. The van der Waals surface area contributed by atoms with E-state index in [-0.39, 0.29) is 0 Å². The Hall–Kier alpha value is -2.53. The lowest BCUT2D eigenvalue weighted by molar-refractivity contribution is 0.184. The standard InChI is InChI=1S/C18H21NO4/c1-11-5-7-14(16(10-21-3)12(11)2)15-8-6-13(23-18(19)20)9-17(15)22-4/h5-9H,10H2,1-4H3,(H2,19,20). The number of carbonyl (C=O) groups is 1. The van der Waals surface area contributed by atoms with Gasteiger partial charge in [0.05, 0.1) is 13.7 Å². The lowest BCUT2D eigenvalue weighted by Crippen LogP contribution is -2.16. The highest BCUT2D eigenvalue weighted by atomic mass is 16.5. The third kappa shape index (κ3) is 3.63. The van der Waals surface area contributed by atoms with Crippen LogP contribution in [0.15, 0.2) is 30.3 Å². The monoisotopic (exact) mass is 315 g/mol. The zero-order valence-corrected chi connectivity index (χ0v) is 13.8. The smallest absolute Gasteiger partial charge is 0.409 e. The molecule has 5 heteroatoms. The van der Waals surface area contributed by atoms with Gasteiger partial charge in [0.1, 0.15) is 11.5 Å². The molecule has 0 unspecified atom stereocenters. The molecule has 2 N–H and O–H groups in total. The predicted molar refractivity (Wildman–Crippen MR) is 88.8 cm³/mol. The van der Waals surface area contributed by atoms with Crippen molar-refractivity contribution >= 4 is 6.09 Å². The summed E-state index contributed by atoms with van der Waals surface area (Å²) in [6, 6.07) is 9.29. The number of aryl methyl sites for hydroxylation is 1. The number of primary amides is 1. The Morgan fingerprint density at radius 1 is 1.09 bits per heavy atom. The van der Waals surface area contributed by atoms with E-state index < -0.39 is 6.09 Å². The van der Waals surface area contributed by atoms with Gasteiger partial charge in [-0.05, 0) is 48.2 Å². The molecule has 0 aliphatic heterocycles. The maximum Gasteiger partial charge on any atom is 0.409 e. The first-order chi connectivity index (χ1) is 11.0. The number of methoxy groups -OCH3 is 2. The van der Waals surface area contributed by atoms with E-state index in [0.717, 1.165) is 16.7 Å². The van der Waals surface area contributed by atoms with Crippen molar-refractivity contribution in [1.82, 2.24) is 0 Å². The molecule has 23 heavy (non-hydrogen) atoms. The van der Waals surface area contributed by atoms with Crippen LogP contribution < -0.4 is 15.2 Å². The van der Waals surface area contributed by atoms with Gasteiger partial charge in [-0.25, -0.2) is 4.79 Å². The Kier molecular flexibility index (Phi) is 5.24. The number of hydrogen-bond acceptors (Lipinski definition) is 4. The SMILES string of the molecule is COCc1c(-c2ccc(OC(N)=O)cc2OC)ccc(C)c1C. The predicted octanol–water partition coefficient (Wildman–Crippen LogP) is 3.58. The Labute approximate surface area is 136 Å². The summed E-state index contributed by atoms with van der Waals surface area (Å²) in [4.78, 5) is 10.9. The van der Waals surface area contributed by atoms with Gasteiger partial charge in [0, 0.05) is 18.7 Å². The van der Waals surface area contributed by atoms with Gasteiger partial charge in [-0.1, -0.05) is 12.1 Å². The average molecular weight is 315 g/mol. The minimum atomic E-state index is -0.856. The highest BCUT2D eigenvalue weighted by molar-refractivity contribution is 5.76. The Morgan fingerprint density at radius 3 is 2.39 bits per heavy atom. The summed E-state index contributed by atoms with van der Waals surface area (Å²) in [7, 11) is 3.25. The molecule has 122 valence electrons. The third-order valence-corrected chi connectivity index (χ3v) is 3.84. The Morgan fingerprint density at radius 2 is 1.78 bits per heavy atom. The number of nitrogens with two attached hydrogens (primary N) is 1. The molecular weight excluding hydrogens is 294 g/mol. The molecule has 0 atom stereocenters. The Bertz CT molecular complexity index is 725. The van der Waals surface area contributed by atoms with Gasteiger partial charge in [0.2, 0.25) is 0 Å². The highest BCUT2D eigenvalue weighted by Crippen LogP contribution is 2.37. The van der Waals surface area contributed by atoms with Crippen molar-refractivity contribution in [2.24, 2.45) is 5.73 Å². The normalized spacial score (nSPS) is 10.4. The second-order valence-corrected chi connectivity index (χ2v) is 5.25. The van der Waals surface area contributed by atoms with Crippen LogP contribution in [0.4, 0.5) is 4.79 Å². The molecule has 2 aromatic rings. The molecule has 0 aliphatic rings. The van der Waals surface area contributed by atoms with Crippen LogP contribution in [0.1, 0.15) is 16.7 Å². The second kappa shape index (κ2) is 7.15. The summed E-state index contributed by atoms with van der Waals surface area (Å²) in [6.45, 7) is 4.65. The maximum absolute atomic E-state index is 10.9. The fourth-order valence-corrected chi connectivity index (χ4v) is 2.53. The lowest BCUT2D eigenvalue weighted by atomic mass is 9.93. The van der Waals surface area contributed by atoms with Gasteiger partial charge in [-0.15, -0.1) is 0 Å². The van der Waals surface area contributed by atoms with E-state index in [0.29, 0.717) is 18.1 Å². The first-order valence-electron chi connectivity index (χ1n) is 7.21. The van der Waals surface area contributed by atoms with Gasteiger partial charge < -0.3 is 19.9 Å². The van der Waals surface area contributed by atoms with Crippen molar-refractivity contribution in [3.63, 3.8) is 0 Å². The van der Waals surface area contributed by atoms with E-state index in [1.165, 1.54) is 11.1 Å². The van der Waals surface area contributed by atoms with E-state index in [4.69, 9.17) is 19.9 Å². The van der Waals surface area contributed by atoms with Crippen LogP contribution in [-0.2, 0) is 11.3 Å². The number of carbonyl (C=O) groups excluding carboxylic acids is 1. The molecule has 2 rings (SSSR count). The minimum absolute atomic E-state index is 0.343. The van der Waals surface area contributed by atoms with E-state index >= 15 is 0 Å². The van der Waals surface area contributed by atoms with E-state index in [1.807, 2.05) is 12.1 Å². The largest absolute Gasteiger partial charge is 0.496 e. The van der Waals surface area contributed by atoms with Crippen LogP contribution in [0, 0.1) is 13.8 Å². The second-order valence-electron chi connectivity index (χ2n) is 5.25. The van der Waals surface area contributed by atoms with Crippen molar-refractivity contribution in [3.8, 4) is 22.6 Å². The number of amides is 1. The number of hydrogen-bond donors (Lipinski definition) is 1. The van der Waals surface area contributed by atoms with Crippen LogP contribution in [0.2, 0.25) is 0 Å². The molecule has 0 saturated heterocycles. The molecule has 2 aromatic carbocycles. The highest BCUT2D eigenvalue weighted by Gasteiger charge is 2.15. The molecule has 0 aromatic heterocycles. The zero-order valence-electron chi connectivity index (χ0n) is 13.8. The molecule has 0 bridgehead atoms. The lowest BCUT2D eigenvalue weighted by Gasteiger charge is -2.17. The number of benzene rings is 2. The number of rotatable bonds is 5. The average Bonchev–Trinajstić information content (AvgIpc) is 2.52. The summed E-state index contributed by atoms with van der Waals surface area (Å²) in [6.07, 6.45) is -0.856. The molecule has 0 saturated carbocycles. The van der Waals surface area contributed by atoms with Crippen molar-refractivity contribution in [3.05, 3.63) is 47.0 Å². The quantitative estimate of drug-likeness (QED) is 0.915. The van der Waals surface area contributed by atoms with Crippen LogP contribution >= 0.6 is 0 Å². The summed E-state index contributed by atoms with van der Waals surface area (Å²) < 4.78 is 15.7. The van der Waals surface area contributed by atoms with E-state index in [1.54, 1.807) is 26.4 Å².